The van der Waals surface area contributed by atoms with E-state index >= 15 is 0 Å². The summed E-state index contributed by atoms with van der Waals surface area (Å²) in [6, 6.07) is 0. The van der Waals surface area contributed by atoms with Crippen molar-refractivity contribution in [3.63, 3.8) is 0 Å². The zero-order valence-corrected chi connectivity index (χ0v) is 7.02. The van der Waals surface area contributed by atoms with E-state index in [-0.39, 0.29) is 5.41 Å². The van der Waals surface area contributed by atoms with Gasteiger partial charge in [-0.15, -0.1) is 0 Å². The standard InChI is InChI=1S/C10H14O/c1-10-6-2-4-8(10)9(11)5-3-7-10/h4H,2-3,5-7H2,1H3/t10-/m1/s1. The van der Waals surface area contributed by atoms with Crippen LogP contribution in [0, 0.1) is 5.41 Å². The highest BCUT2D eigenvalue weighted by Gasteiger charge is 2.38. The van der Waals surface area contributed by atoms with Gasteiger partial charge in [-0.25, -0.2) is 0 Å². The molecule has 0 heterocycles. The predicted octanol–water partition coefficient (Wildman–Crippen LogP) is 2.47. The van der Waals surface area contributed by atoms with Gasteiger partial charge in [-0.05, 0) is 36.7 Å². The lowest BCUT2D eigenvalue weighted by atomic mass is 9.72. The van der Waals surface area contributed by atoms with Gasteiger partial charge in [-0.2, -0.15) is 0 Å². The minimum Gasteiger partial charge on any atom is -0.295 e. The van der Waals surface area contributed by atoms with Crippen LogP contribution in [0.25, 0.3) is 0 Å². The van der Waals surface area contributed by atoms with Crippen molar-refractivity contribution in [1.29, 1.82) is 0 Å². The normalized spacial score (nSPS) is 36.8. The number of rotatable bonds is 0. The third kappa shape index (κ3) is 0.943. The first-order valence-corrected chi connectivity index (χ1v) is 4.46. The Hall–Kier alpha value is -0.590. The lowest BCUT2D eigenvalue weighted by Gasteiger charge is -2.31. The molecule has 0 aromatic carbocycles. The Morgan fingerprint density at radius 3 is 3.00 bits per heavy atom. The third-order valence-electron chi connectivity index (χ3n) is 3.13. The van der Waals surface area contributed by atoms with E-state index in [4.69, 9.17) is 0 Å². The molecule has 0 unspecified atom stereocenters. The fourth-order valence-corrected chi connectivity index (χ4v) is 2.40. The minimum atomic E-state index is 0.273. The molecule has 0 aromatic rings. The number of allylic oxidation sites excluding steroid dienone is 2. The number of hydrogen-bond acceptors (Lipinski definition) is 1. The monoisotopic (exact) mass is 150 g/mol. The number of carbonyl (C=O) groups excluding carboxylic acids is 1. The number of carbonyl (C=O) groups is 1. The van der Waals surface area contributed by atoms with Crippen LogP contribution in [0.2, 0.25) is 0 Å². The topological polar surface area (TPSA) is 17.1 Å². The van der Waals surface area contributed by atoms with Crippen molar-refractivity contribution in [3.05, 3.63) is 11.6 Å². The van der Waals surface area contributed by atoms with E-state index in [1.807, 2.05) is 0 Å². The predicted molar refractivity (Wildman–Crippen MR) is 44.3 cm³/mol. The van der Waals surface area contributed by atoms with Crippen LogP contribution in [0.15, 0.2) is 11.6 Å². The average Bonchev–Trinajstić information content (AvgIpc) is 2.31. The summed E-state index contributed by atoms with van der Waals surface area (Å²) in [5, 5.41) is 0. The molecule has 1 nitrogen and oxygen atoms in total. The van der Waals surface area contributed by atoms with E-state index in [0.717, 1.165) is 24.8 Å². The minimum absolute atomic E-state index is 0.273. The number of fused-ring (bicyclic) bond motifs is 1. The fraction of sp³-hybridized carbons (Fsp3) is 0.700. The molecule has 1 saturated carbocycles. The van der Waals surface area contributed by atoms with Crippen molar-refractivity contribution in [2.45, 2.75) is 39.0 Å². The van der Waals surface area contributed by atoms with Gasteiger partial charge in [0.05, 0.1) is 0 Å². The number of hydrogen-bond donors (Lipinski definition) is 0. The summed E-state index contributed by atoms with van der Waals surface area (Å²) in [7, 11) is 0. The van der Waals surface area contributed by atoms with Gasteiger partial charge in [0.2, 0.25) is 0 Å². The average molecular weight is 150 g/mol. The molecule has 60 valence electrons. The quantitative estimate of drug-likeness (QED) is 0.518. The molecule has 2 rings (SSSR count). The Balaban J connectivity index is 2.33. The van der Waals surface area contributed by atoms with Gasteiger partial charge < -0.3 is 0 Å². The van der Waals surface area contributed by atoms with Crippen LogP contribution in [-0.2, 0) is 4.79 Å². The molecule has 0 N–H and O–H groups in total. The van der Waals surface area contributed by atoms with Gasteiger partial charge in [-0.3, -0.25) is 4.79 Å². The molecule has 1 fully saturated rings. The molecule has 1 atom stereocenters. The summed E-state index contributed by atoms with van der Waals surface area (Å²) in [6.45, 7) is 2.24. The van der Waals surface area contributed by atoms with Crippen LogP contribution in [0.1, 0.15) is 39.0 Å². The molecule has 0 spiro atoms. The third-order valence-corrected chi connectivity index (χ3v) is 3.13. The van der Waals surface area contributed by atoms with Crippen LogP contribution in [-0.4, -0.2) is 5.78 Å². The summed E-state index contributed by atoms with van der Waals surface area (Å²) in [6.07, 6.45) is 7.60. The molecule has 2 aliphatic carbocycles. The highest BCUT2D eigenvalue weighted by molar-refractivity contribution is 5.97. The van der Waals surface area contributed by atoms with Crippen molar-refractivity contribution in [1.82, 2.24) is 0 Å². The van der Waals surface area contributed by atoms with E-state index in [1.165, 1.54) is 12.8 Å². The smallest absolute Gasteiger partial charge is 0.159 e. The molecule has 2 aliphatic rings. The second-order valence-corrected chi connectivity index (χ2v) is 3.99. The number of Topliss-reactive ketones (excluding diaryl/α,β-unsaturated/α-hetero) is 1. The largest absolute Gasteiger partial charge is 0.295 e. The molecular weight excluding hydrogens is 136 g/mol. The maximum absolute atomic E-state index is 11.4. The number of ketones is 1. The Morgan fingerprint density at radius 1 is 1.45 bits per heavy atom. The summed E-state index contributed by atoms with van der Waals surface area (Å²) in [5.74, 6) is 0.413. The van der Waals surface area contributed by atoms with Crippen LogP contribution >= 0.6 is 0 Å². The van der Waals surface area contributed by atoms with E-state index in [0.29, 0.717) is 5.78 Å². The van der Waals surface area contributed by atoms with Crippen LogP contribution in [0.5, 0.6) is 0 Å². The highest BCUT2D eigenvalue weighted by atomic mass is 16.1. The summed E-state index contributed by atoms with van der Waals surface area (Å²) in [4.78, 5) is 11.4. The first-order chi connectivity index (χ1) is 5.22. The molecule has 0 bridgehead atoms. The van der Waals surface area contributed by atoms with E-state index in [9.17, 15) is 4.79 Å². The van der Waals surface area contributed by atoms with Gasteiger partial charge in [0, 0.05) is 6.42 Å². The molecule has 0 radical (unpaired) electrons. The molecule has 0 saturated heterocycles. The van der Waals surface area contributed by atoms with Crippen LogP contribution in [0.4, 0.5) is 0 Å². The van der Waals surface area contributed by atoms with Crippen LogP contribution in [0.3, 0.4) is 0 Å². The molecular formula is C10H14O. The van der Waals surface area contributed by atoms with Crippen molar-refractivity contribution < 1.29 is 4.79 Å². The fourth-order valence-electron chi connectivity index (χ4n) is 2.40. The molecule has 0 aliphatic heterocycles. The van der Waals surface area contributed by atoms with E-state index in [1.54, 1.807) is 0 Å². The van der Waals surface area contributed by atoms with Gasteiger partial charge in [-0.1, -0.05) is 13.0 Å². The molecule has 0 aromatic heterocycles. The zero-order valence-electron chi connectivity index (χ0n) is 7.02. The SMILES string of the molecule is C[C@]12CCC=C1C(=O)CCC2. The zero-order chi connectivity index (χ0) is 7.90. The van der Waals surface area contributed by atoms with E-state index in [2.05, 4.69) is 13.0 Å². The Kier molecular flexibility index (Phi) is 1.41. The first-order valence-electron chi connectivity index (χ1n) is 4.46. The van der Waals surface area contributed by atoms with E-state index < -0.39 is 0 Å². The Bertz CT molecular complexity index is 227. The van der Waals surface area contributed by atoms with Crippen LogP contribution < -0.4 is 0 Å². The van der Waals surface area contributed by atoms with Crippen molar-refractivity contribution >= 4 is 5.78 Å². The van der Waals surface area contributed by atoms with Gasteiger partial charge in [0.25, 0.3) is 0 Å². The molecule has 0 amide bonds. The highest BCUT2D eigenvalue weighted by Crippen LogP contribution is 2.46. The second-order valence-electron chi connectivity index (χ2n) is 3.99. The summed E-state index contributed by atoms with van der Waals surface area (Å²) < 4.78 is 0. The first kappa shape index (κ1) is 7.08. The molecule has 1 heteroatoms. The summed E-state index contributed by atoms with van der Waals surface area (Å²) in [5.41, 5.74) is 1.42. The Morgan fingerprint density at radius 2 is 2.27 bits per heavy atom. The lowest BCUT2D eigenvalue weighted by molar-refractivity contribution is -0.117. The van der Waals surface area contributed by atoms with Crippen molar-refractivity contribution in [2.24, 2.45) is 5.41 Å². The Labute approximate surface area is 67.5 Å². The van der Waals surface area contributed by atoms with Gasteiger partial charge >= 0.3 is 0 Å². The lowest BCUT2D eigenvalue weighted by Crippen LogP contribution is -2.25. The maximum atomic E-state index is 11.4. The second kappa shape index (κ2) is 2.20. The van der Waals surface area contributed by atoms with Crippen molar-refractivity contribution in [3.8, 4) is 0 Å². The summed E-state index contributed by atoms with van der Waals surface area (Å²) >= 11 is 0. The molecule has 11 heavy (non-hydrogen) atoms. The van der Waals surface area contributed by atoms with Gasteiger partial charge in [0.1, 0.15) is 0 Å². The van der Waals surface area contributed by atoms with Gasteiger partial charge in [0.15, 0.2) is 5.78 Å². The van der Waals surface area contributed by atoms with Crippen molar-refractivity contribution in [2.75, 3.05) is 0 Å². The maximum Gasteiger partial charge on any atom is 0.159 e.